The Kier molecular flexibility index (Phi) is 5.67. The van der Waals surface area contributed by atoms with Crippen molar-refractivity contribution in [2.45, 2.75) is 26.8 Å². The average molecular weight is 373 g/mol. The Bertz CT molecular complexity index is 580. The molecule has 0 fully saturated rings. The fourth-order valence-corrected chi connectivity index (χ4v) is 4.29. The molecule has 0 saturated carbocycles. The van der Waals surface area contributed by atoms with Crippen molar-refractivity contribution in [1.29, 1.82) is 0 Å². The van der Waals surface area contributed by atoms with E-state index in [0.29, 0.717) is 12.0 Å². The summed E-state index contributed by atoms with van der Waals surface area (Å²) < 4.78 is 1.08. The van der Waals surface area contributed by atoms with Gasteiger partial charge in [-0.1, -0.05) is 48.3 Å². The molecule has 0 bridgehead atoms. The van der Waals surface area contributed by atoms with E-state index in [4.69, 9.17) is 11.6 Å². The van der Waals surface area contributed by atoms with Crippen molar-refractivity contribution in [3.05, 3.63) is 44.7 Å². The zero-order chi connectivity index (χ0) is 14.7. The highest BCUT2D eigenvalue weighted by molar-refractivity contribution is 9.10. The summed E-state index contributed by atoms with van der Waals surface area (Å²) in [5, 5.41) is 4.33. The number of hydrogen-bond acceptors (Lipinski definition) is 2. The van der Waals surface area contributed by atoms with Gasteiger partial charge in [-0.2, -0.15) is 0 Å². The van der Waals surface area contributed by atoms with Crippen LogP contribution in [0.2, 0.25) is 5.02 Å². The Labute approximate surface area is 138 Å². The molecular formula is C16H19BrClNS. The third-order valence-electron chi connectivity index (χ3n) is 3.22. The van der Waals surface area contributed by atoms with Gasteiger partial charge in [0, 0.05) is 30.9 Å². The number of benzene rings is 1. The van der Waals surface area contributed by atoms with Gasteiger partial charge in [0.1, 0.15) is 0 Å². The first-order chi connectivity index (χ1) is 9.52. The minimum atomic E-state index is 0.414. The predicted octanol–water partition coefficient (Wildman–Crippen LogP) is 6.14. The predicted molar refractivity (Wildman–Crippen MR) is 93.7 cm³/mol. The lowest BCUT2D eigenvalue weighted by Gasteiger charge is -2.20. The van der Waals surface area contributed by atoms with Crippen LogP contribution in [0.3, 0.4) is 0 Å². The van der Waals surface area contributed by atoms with Crippen LogP contribution in [-0.2, 0) is 0 Å². The Hall–Kier alpha value is -0.350. The van der Waals surface area contributed by atoms with Crippen LogP contribution in [0.15, 0.2) is 34.8 Å². The SMILES string of the molecule is CCNC(c1ccc(-c2cc(Cl)ccc2Br)s1)C(C)C. The fourth-order valence-electron chi connectivity index (χ4n) is 2.24. The summed E-state index contributed by atoms with van der Waals surface area (Å²) in [5.74, 6) is 0.573. The molecule has 1 aromatic carbocycles. The van der Waals surface area contributed by atoms with Gasteiger partial charge >= 0.3 is 0 Å². The molecule has 0 radical (unpaired) electrons. The van der Waals surface area contributed by atoms with Gasteiger partial charge in [0.15, 0.2) is 0 Å². The van der Waals surface area contributed by atoms with Crippen molar-refractivity contribution in [3.63, 3.8) is 0 Å². The van der Waals surface area contributed by atoms with Gasteiger partial charge in [-0.05, 0) is 42.8 Å². The van der Waals surface area contributed by atoms with Crippen molar-refractivity contribution in [3.8, 4) is 10.4 Å². The minimum absolute atomic E-state index is 0.414. The van der Waals surface area contributed by atoms with Gasteiger partial charge in [0.2, 0.25) is 0 Å². The lowest BCUT2D eigenvalue weighted by molar-refractivity contribution is 0.428. The maximum absolute atomic E-state index is 6.11. The maximum atomic E-state index is 6.11. The summed E-state index contributed by atoms with van der Waals surface area (Å²) in [4.78, 5) is 2.63. The van der Waals surface area contributed by atoms with E-state index in [2.05, 4.69) is 54.2 Å². The molecule has 0 amide bonds. The monoisotopic (exact) mass is 371 g/mol. The second-order valence-electron chi connectivity index (χ2n) is 5.11. The molecule has 20 heavy (non-hydrogen) atoms. The van der Waals surface area contributed by atoms with E-state index >= 15 is 0 Å². The summed E-state index contributed by atoms with van der Waals surface area (Å²) in [6.07, 6.45) is 0. The Morgan fingerprint density at radius 3 is 2.65 bits per heavy atom. The van der Waals surface area contributed by atoms with Crippen molar-refractivity contribution in [2.75, 3.05) is 6.54 Å². The van der Waals surface area contributed by atoms with Gasteiger partial charge in [0.05, 0.1) is 0 Å². The zero-order valence-electron chi connectivity index (χ0n) is 11.9. The van der Waals surface area contributed by atoms with Crippen molar-refractivity contribution >= 4 is 38.9 Å². The van der Waals surface area contributed by atoms with Crippen LogP contribution in [0, 0.1) is 5.92 Å². The number of nitrogens with one attached hydrogen (secondary N) is 1. The normalized spacial score (nSPS) is 12.9. The average Bonchev–Trinajstić information content (AvgIpc) is 2.87. The first-order valence-electron chi connectivity index (χ1n) is 6.81. The third kappa shape index (κ3) is 3.64. The van der Waals surface area contributed by atoms with Crippen LogP contribution in [0.5, 0.6) is 0 Å². The van der Waals surface area contributed by atoms with E-state index in [0.717, 1.165) is 21.6 Å². The molecule has 0 aliphatic heterocycles. The molecule has 108 valence electrons. The van der Waals surface area contributed by atoms with Gasteiger partial charge in [-0.3, -0.25) is 0 Å². The molecule has 1 nitrogen and oxygen atoms in total. The van der Waals surface area contributed by atoms with Crippen molar-refractivity contribution < 1.29 is 0 Å². The summed E-state index contributed by atoms with van der Waals surface area (Å²) in [6.45, 7) is 7.64. The molecule has 1 unspecified atom stereocenters. The summed E-state index contributed by atoms with van der Waals surface area (Å²) in [5.41, 5.74) is 1.16. The molecule has 0 spiro atoms. The highest BCUT2D eigenvalue weighted by Crippen LogP contribution is 2.38. The van der Waals surface area contributed by atoms with Crippen LogP contribution in [0.4, 0.5) is 0 Å². The highest BCUT2D eigenvalue weighted by atomic mass is 79.9. The fraction of sp³-hybridized carbons (Fsp3) is 0.375. The molecule has 1 aromatic heterocycles. The largest absolute Gasteiger partial charge is 0.309 e. The Balaban J connectivity index is 2.34. The molecule has 0 aliphatic carbocycles. The maximum Gasteiger partial charge on any atom is 0.0438 e. The molecule has 2 aromatic rings. The van der Waals surface area contributed by atoms with E-state index in [9.17, 15) is 0 Å². The van der Waals surface area contributed by atoms with Gasteiger partial charge in [0.25, 0.3) is 0 Å². The van der Waals surface area contributed by atoms with Crippen molar-refractivity contribution in [1.82, 2.24) is 5.32 Å². The number of halogens is 2. The lowest BCUT2D eigenvalue weighted by atomic mass is 10.0. The standard InChI is InChI=1S/C16H19BrClNS/c1-4-19-16(10(2)3)15-8-7-14(20-15)12-9-11(18)5-6-13(12)17/h5-10,16,19H,4H2,1-3H3. The molecule has 1 N–H and O–H groups in total. The molecular weight excluding hydrogens is 354 g/mol. The first kappa shape index (κ1) is 16.0. The summed E-state index contributed by atoms with van der Waals surface area (Å²) >= 11 is 11.5. The lowest BCUT2D eigenvalue weighted by Crippen LogP contribution is -2.24. The molecule has 4 heteroatoms. The van der Waals surface area contributed by atoms with E-state index in [-0.39, 0.29) is 0 Å². The van der Waals surface area contributed by atoms with Gasteiger partial charge < -0.3 is 5.32 Å². The zero-order valence-corrected chi connectivity index (χ0v) is 15.1. The smallest absolute Gasteiger partial charge is 0.0438 e. The quantitative estimate of drug-likeness (QED) is 0.665. The van der Waals surface area contributed by atoms with Gasteiger partial charge in [-0.25, -0.2) is 0 Å². The highest BCUT2D eigenvalue weighted by Gasteiger charge is 2.17. The topological polar surface area (TPSA) is 12.0 Å². The van der Waals surface area contributed by atoms with Crippen LogP contribution in [0.1, 0.15) is 31.7 Å². The summed E-state index contributed by atoms with van der Waals surface area (Å²) in [7, 11) is 0. The summed E-state index contributed by atoms with van der Waals surface area (Å²) in [6, 6.07) is 10.7. The Morgan fingerprint density at radius 2 is 2.00 bits per heavy atom. The first-order valence-corrected chi connectivity index (χ1v) is 8.80. The van der Waals surface area contributed by atoms with Crippen LogP contribution in [-0.4, -0.2) is 6.54 Å². The van der Waals surface area contributed by atoms with E-state index in [1.54, 1.807) is 0 Å². The molecule has 2 rings (SSSR count). The number of hydrogen-bond donors (Lipinski definition) is 1. The van der Waals surface area contributed by atoms with Crippen LogP contribution >= 0.6 is 38.9 Å². The molecule has 1 heterocycles. The van der Waals surface area contributed by atoms with Crippen molar-refractivity contribution in [2.24, 2.45) is 5.92 Å². The van der Waals surface area contributed by atoms with Gasteiger partial charge in [-0.15, -0.1) is 11.3 Å². The minimum Gasteiger partial charge on any atom is -0.309 e. The second kappa shape index (κ2) is 7.08. The van der Waals surface area contributed by atoms with E-state index < -0.39 is 0 Å². The number of thiophene rings is 1. The van der Waals surface area contributed by atoms with Crippen LogP contribution < -0.4 is 5.32 Å². The van der Waals surface area contributed by atoms with Crippen LogP contribution in [0.25, 0.3) is 10.4 Å². The third-order valence-corrected chi connectivity index (χ3v) is 5.35. The Morgan fingerprint density at radius 1 is 1.25 bits per heavy atom. The number of rotatable bonds is 5. The second-order valence-corrected chi connectivity index (χ2v) is 7.51. The van der Waals surface area contributed by atoms with E-state index in [1.807, 2.05) is 29.5 Å². The molecule has 0 saturated heterocycles. The molecule has 0 aliphatic rings. The molecule has 1 atom stereocenters. The van der Waals surface area contributed by atoms with E-state index in [1.165, 1.54) is 9.75 Å².